The Balaban J connectivity index is 1.39. The van der Waals surface area contributed by atoms with Crippen molar-refractivity contribution in [1.29, 1.82) is 0 Å². The summed E-state index contributed by atoms with van der Waals surface area (Å²) in [5.41, 5.74) is 2.54. The van der Waals surface area contributed by atoms with Gasteiger partial charge in [-0.3, -0.25) is 19.3 Å². The van der Waals surface area contributed by atoms with E-state index in [1.807, 2.05) is 54.6 Å². The number of likely N-dealkylation sites (N-methyl/N-ethyl adjacent to an activating group) is 1. The van der Waals surface area contributed by atoms with Gasteiger partial charge in [0.2, 0.25) is 17.7 Å². The Labute approximate surface area is 204 Å². The highest BCUT2D eigenvalue weighted by molar-refractivity contribution is 6.10. The first-order valence-corrected chi connectivity index (χ1v) is 11.9. The van der Waals surface area contributed by atoms with E-state index in [-0.39, 0.29) is 42.3 Å². The fraction of sp³-hybridized carbons (Fsp3) is 0.276. The molecule has 0 saturated carbocycles. The van der Waals surface area contributed by atoms with E-state index in [1.54, 1.807) is 17.0 Å². The number of imide groups is 1. The molecule has 6 heteroatoms. The third kappa shape index (κ3) is 4.25. The van der Waals surface area contributed by atoms with Crippen LogP contribution >= 0.6 is 0 Å². The fourth-order valence-corrected chi connectivity index (χ4v) is 5.33. The largest absolute Gasteiger partial charge is 0.342 e. The summed E-state index contributed by atoms with van der Waals surface area (Å²) in [5, 5.41) is 0. The minimum Gasteiger partial charge on any atom is -0.342 e. The molecule has 0 radical (unpaired) electrons. The van der Waals surface area contributed by atoms with Crippen LogP contribution in [0.1, 0.15) is 36.3 Å². The first-order valence-electron chi connectivity index (χ1n) is 11.9. The standard InChI is InChI=1S/C29H27FN2O3/c1-31-26(33)17-29(28(31)35,24-11-7-21(8-12-24)20-5-3-2-4-6-20)18-27(34)32-16-15-23(19-32)22-9-13-25(30)14-10-22/h2-14,23H,15-19H2,1H3. The van der Waals surface area contributed by atoms with Crippen LogP contribution in [0.2, 0.25) is 0 Å². The van der Waals surface area contributed by atoms with Crippen LogP contribution in [0.5, 0.6) is 0 Å². The van der Waals surface area contributed by atoms with Gasteiger partial charge in [-0.2, -0.15) is 0 Å². The van der Waals surface area contributed by atoms with Crippen LogP contribution in [0, 0.1) is 5.82 Å². The number of rotatable bonds is 5. The van der Waals surface area contributed by atoms with Crippen LogP contribution in [-0.4, -0.2) is 47.7 Å². The number of hydrogen-bond donors (Lipinski definition) is 0. The van der Waals surface area contributed by atoms with Gasteiger partial charge in [0, 0.05) is 38.9 Å². The van der Waals surface area contributed by atoms with Gasteiger partial charge in [0.05, 0.1) is 5.41 Å². The fourth-order valence-electron chi connectivity index (χ4n) is 5.33. The molecule has 2 heterocycles. The Morgan fingerprint density at radius 2 is 1.60 bits per heavy atom. The Morgan fingerprint density at radius 1 is 0.943 bits per heavy atom. The highest BCUT2D eigenvalue weighted by atomic mass is 19.1. The average molecular weight is 471 g/mol. The van der Waals surface area contributed by atoms with Crippen molar-refractivity contribution in [2.24, 2.45) is 0 Å². The van der Waals surface area contributed by atoms with Crippen molar-refractivity contribution in [3.63, 3.8) is 0 Å². The summed E-state index contributed by atoms with van der Waals surface area (Å²) >= 11 is 0. The molecule has 2 saturated heterocycles. The quantitative estimate of drug-likeness (QED) is 0.515. The van der Waals surface area contributed by atoms with E-state index in [0.717, 1.165) is 28.0 Å². The maximum atomic E-state index is 13.4. The number of carbonyl (C=O) groups is 3. The monoisotopic (exact) mass is 470 g/mol. The molecule has 2 atom stereocenters. The molecule has 3 aromatic rings. The SMILES string of the molecule is CN1C(=O)CC(CC(=O)N2CCC(c3ccc(F)cc3)C2)(c2ccc(-c3ccccc3)cc2)C1=O. The van der Waals surface area contributed by atoms with E-state index in [1.165, 1.54) is 19.2 Å². The lowest BCUT2D eigenvalue weighted by atomic mass is 9.75. The summed E-state index contributed by atoms with van der Waals surface area (Å²) in [6.07, 6.45) is 0.708. The second-order valence-electron chi connectivity index (χ2n) is 9.51. The molecule has 3 aromatic carbocycles. The maximum absolute atomic E-state index is 13.4. The van der Waals surface area contributed by atoms with Crippen LogP contribution in [0.25, 0.3) is 11.1 Å². The molecular weight excluding hydrogens is 443 g/mol. The number of likely N-dealkylation sites (tertiary alicyclic amines) is 2. The van der Waals surface area contributed by atoms with Gasteiger partial charge in [0.1, 0.15) is 5.82 Å². The van der Waals surface area contributed by atoms with E-state index in [4.69, 9.17) is 0 Å². The second-order valence-corrected chi connectivity index (χ2v) is 9.51. The van der Waals surface area contributed by atoms with Gasteiger partial charge in [-0.1, -0.05) is 66.7 Å². The van der Waals surface area contributed by atoms with Crippen molar-refractivity contribution in [1.82, 2.24) is 9.80 Å². The zero-order valence-electron chi connectivity index (χ0n) is 19.6. The predicted octanol–water partition coefficient (Wildman–Crippen LogP) is 4.53. The lowest BCUT2D eigenvalue weighted by Gasteiger charge is -2.29. The normalized spacial score (nSPS) is 22.2. The zero-order valence-corrected chi connectivity index (χ0v) is 19.6. The van der Waals surface area contributed by atoms with Crippen molar-refractivity contribution < 1.29 is 18.8 Å². The molecule has 2 aliphatic rings. The van der Waals surface area contributed by atoms with E-state index < -0.39 is 5.41 Å². The van der Waals surface area contributed by atoms with Gasteiger partial charge in [-0.15, -0.1) is 0 Å². The topological polar surface area (TPSA) is 57.7 Å². The molecule has 5 rings (SSSR count). The van der Waals surface area contributed by atoms with E-state index in [0.29, 0.717) is 18.7 Å². The van der Waals surface area contributed by atoms with Gasteiger partial charge in [0.25, 0.3) is 0 Å². The Hall–Kier alpha value is -3.80. The molecule has 0 aliphatic carbocycles. The molecule has 2 aliphatic heterocycles. The van der Waals surface area contributed by atoms with Crippen molar-refractivity contribution in [3.05, 3.63) is 95.8 Å². The average Bonchev–Trinajstić information content (AvgIpc) is 3.46. The number of nitrogens with zero attached hydrogens (tertiary/aromatic N) is 2. The van der Waals surface area contributed by atoms with E-state index in [2.05, 4.69) is 0 Å². The van der Waals surface area contributed by atoms with Crippen molar-refractivity contribution in [2.75, 3.05) is 20.1 Å². The third-order valence-corrected chi connectivity index (χ3v) is 7.42. The van der Waals surface area contributed by atoms with Gasteiger partial charge >= 0.3 is 0 Å². The minimum atomic E-state index is -1.20. The van der Waals surface area contributed by atoms with Gasteiger partial charge < -0.3 is 4.90 Å². The molecule has 3 amide bonds. The van der Waals surface area contributed by atoms with E-state index in [9.17, 15) is 18.8 Å². The molecular formula is C29H27FN2O3. The molecule has 178 valence electrons. The summed E-state index contributed by atoms with van der Waals surface area (Å²) < 4.78 is 13.3. The number of halogens is 1. The summed E-state index contributed by atoms with van der Waals surface area (Å²) in [6, 6.07) is 23.9. The third-order valence-electron chi connectivity index (χ3n) is 7.42. The van der Waals surface area contributed by atoms with Crippen LogP contribution in [0.15, 0.2) is 78.9 Å². The number of amides is 3. The lowest BCUT2D eigenvalue weighted by Crippen LogP contribution is -2.42. The van der Waals surface area contributed by atoms with Crippen LogP contribution < -0.4 is 0 Å². The zero-order chi connectivity index (χ0) is 24.6. The number of carbonyl (C=O) groups excluding carboxylic acids is 3. The van der Waals surface area contributed by atoms with Crippen molar-refractivity contribution >= 4 is 17.7 Å². The molecule has 0 bridgehead atoms. The first kappa shape index (κ1) is 23.0. The van der Waals surface area contributed by atoms with Gasteiger partial charge in [-0.25, -0.2) is 4.39 Å². The lowest BCUT2D eigenvalue weighted by molar-refractivity contribution is -0.141. The molecule has 0 N–H and O–H groups in total. The van der Waals surface area contributed by atoms with Crippen LogP contribution in [0.4, 0.5) is 4.39 Å². The van der Waals surface area contributed by atoms with Crippen molar-refractivity contribution in [3.8, 4) is 11.1 Å². The first-order chi connectivity index (χ1) is 16.9. The van der Waals surface area contributed by atoms with Gasteiger partial charge in [0.15, 0.2) is 0 Å². The van der Waals surface area contributed by atoms with Gasteiger partial charge in [-0.05, 0) is 40.8 Å². The van der Waals surface area contributed by atoms with Crippen LogP contribution in [-0.2, 0) is 19.8 Å². The molecule has 35 heavy (non-hydrogen) atoms. The molecule has 2 fully saturated rings. The molecule has 2 unspecified atom stereocenters. The molecule has 0 spiro atoms. The minimum absolute atomic E-state index is 0.0199. The summed E-state index contributed by atoms with van der Waals surface area (Å²) in [6.45, 7) is 1.09. The number of benzene rings is 3. The van der Waals surface area contributed by atoms with Crippen LogP contribution in [0.3, 0.4) is 0 Å². The molecule has 5 nitrogen and oxygen atoms in total. The predicted molar refractivity (Wildman–Crippen MR) is 131 cm³/mol. The highest BCUT2D eigenvalue weighted by Gasteiger charge is 2.53. The van der Waals surface area contributed by atoms with E-state index >= 15 is 0 Å². The Kier molecular flexibility index (Phi) is 5.97. The Bertz CT molecular complexity index is 1260. The second kappa shape index (κ2) is 9.10. The smallest absolute Gasteiger partial charge is 0.240 e. The maximum Gasteiger partial charge on any atom is 0.240 e. The highest BCUT2D eigenvalue weighted by Crippen LogP contribution is 2.41. The molecule has 0 aromatic heterocycles. The van der Waals surface area contributed by atoms with Crippen molar-refractivity contribution in [2.45, 2.75) is 30.6 Å². The summed E-state index contributed by atoms with van der Waals surface area (Å²) in [7, 11) is 1.48. The number of hydrogen-bond acceptors (Lipinski definition) is 3. The Morgan fingerprint density at radius 3 is 2.23 bits per heavy atom. The summed E-state index contributed by atoms with van der Waals surface area (Å²) in [5.74, 6) is -0.908. The summed E-state index contributed by atoms with van der Waals surface area (Å²) in [4.78, 5) is 42.3.